The van der Waals surface area contributed by atoms with Gasteiger partial charge in [-0.05, 0) is 49.6 Å². The topological polar surface area (TPSA) is 30.5 Å². The van der Waals surface area contributed by atoms with E-state index in [-0.39, 0.29) is 0 Å². The van der Waals surface area contributed by atoms with Gasteiger partial charge >= 0.3 is 0 Å². The lowest BCUT2D eigenvalue weighted by Gasteiger charge is -2.19. The Labute approximate surface area is 124 Å². The molecule has 0 heterocycles. The molecular weight excluding hydrogens is 306 g/mol. The van der Waals surface area contributed by atoms with Crippen LogP contribution < -0.4 is 10.1 Å². The fourth-order valence-corrected chi connectivity index (χ4v) is 2.47. The van der Waals surface area contributed by atoms with Gasteiger partial charge in [0, 0.05) is 24.2 Å². The van der Waals surface area contributed by atoms with Crippen LogP contribution >= 0.6 is 15.9 Å². The van der Waals surface area contributed by atoms with E-state index in [1.807, 2.05) is 12.1 Å². The average Bonchev–Trinajstić information content (AvgIpc) is 2.42. The summed E-state index contributed by atoms with van der Waals surface area (Å²) in [6.07, 6.45) is 3.09. The van der Waals surface area contributed by atoms with Crippen LogP contribution in [0.5, 0.6) is 5.75 Å². The lowest BCUT2D eigenvalue weighted by molar-refractivity contribution is 0.182. The monoisotopic (exact) mass is 329 g/mol. The van der Waals surface area contributed by atoms with Crippen LogP contribution in [0, 0.1) is 0 Å². The second-order valence-electron chi connectivity index (χ2n) is 4.59. The minimum atomic E-state index is 0.420. The van der Waals surface area contributed by atoms with E-state index < -0.39 is 0 Å². The first-order valence-electron chi connectivity index (χ1n) is 6.76. The van der Waals surface area contributed by atoms with Crippen molar-refractivity contribution in [2.75, 3.05) is 27.4 Å². The van der Waals surface area contributed by atoms with Crippen molar-refractivity contribution in [1.82, 2.24) is 5.32 Å². The fraction of sp³-hybridized carbons (Fsp3) is 0.600. The molecule has 1 N–H and O–H groups in total. The number of ether oxygens (including phenoxy) is 2. The first kappa shape index (κ1) is 16.5. The van der Waals surface area contributed by atoms with Gasteiger partial charge in [-0.2, -0.15) is 0 Å². The molecule has 1 aromatic rings. The Balaban J connectivity index is 2.72. The molecule has 0 amide bonds. The first-order chi connectivity index (χ1) is 9.21. The van der Waals surface area contributed by atoms with E-state index >= 15 is 0 Å². The Morgan fingerprint density at radius 1 is 1.32 bits per heavy atom. The van der Waals surface area contributed by atoms with Gasteiger partial charge in [0.2, 0.25) is 0 Å². The Bertz CT molecular complexity index is 363. The van der Waals surface area contributed by atoms with Gasteiger partial charge in [0.1, 0.15) is 5.75 Å². The maximum absolute atomic E-state index is 5.43. The van der Waals surface area contributed by atoms with Crippen LogP contribution in [0.15, 0.2) is 22.7 Å². The molecule has 1 atom stereocenters. The molecule has 1 unspecified atom stereocenters. The normalized spacial score (nSPS) is 12.4. The Kier molecular flexibility index (Phi) is 8.10. The molecule has 3 nitrogen and oxygen atoms in total. The van der Waals surface area contributed by atoms with Crippen LogP contribution in [-0.2, 0) is 11.2 Å². The second-order valence-corrected chi connectivity index (χ2v) is 5.51. The molecular formula is C15H24BrNO2. The molecule has 0 spiro atoms. The molecule has 1 rings (SSSR count). The third kappa shape index (κ3) is 5.93. The summed E-state index contributed by atoms with van der Waals surface area (Å²) in [5.74, 6) is 0.948. The highest BCUT2D eigenvalue weighted by molar-refractivity contribution is 9.10. The molecule has 0 radical (unpaired) electrons. The zero-order valence-electron chi connectivity index (χ0n) is 12.0. The minimum absolute atomic E-state index is 0.420. The van der Waals surface area contributed by atoms with Crippen LogP contribution in [0.4, 0.5) is 0 Å². The number of halogens is 1. The number of hydrogen-bond acceptors (Lipinski definition) is 3. The van der Waals surface area contributed by atoms with E-state index in [4.69, 9.17) is 9.47 Å². The highest BCUT2D eigenvalue weighted by Gasteiger charge is 2.12. The third-order valence-corrected chi connectivity index (χ3v) is 3.56. The van der Waals surface area contributed by atoms with Crippen LogP contribution in [0.1, 0.15) is 25.3 Å². The number of benzene rings is 1. The van der Waals surface area contributed by atoms with E-state index in [2.05, 4.69) is 34.2 Å². The smallest absolute Gasteiger partial charge is 0.122 e. The van der Waals surface area contributed by atoms with Crippen molar-refractivity contribution in [2.24, 2.45) is 0 Å². The van der Waals surface area contributed by atoms with E-state index in [1.165, 1.54) is 5.56 Å². The molecule has 0 aliphatic rings. The zero-order valence-corrected chi connectivity index (χ0v) is 13.6. The van der Waals surface area contributed by atoms with Gasteiger partial charge in [-0.1, -0.05) is 22.9 Å². The van der Waals surface area contributed by atoms with E-state index in [9.17, 15) is 0 Å². The first-order valence-corrected chi connectivity index (χ1v) is 7.55. The van der Waals surface area contributed by atoms with Gasteiger partial charge in [-0.25, -0.2) is 0 Å². The molecule has 0 saturated heterocycles. The van der Waals surface area contributed by atoms with Crippen LogP contribution in [-0.4, -0.2) is 33.4 Å². The van der Waals surface area contributed by atoms with Gasteiger partial charge in [0.15, 0.2) is 0 Å². The molecule has 0 aromatic heterocycles. The average molecular weight is 330 g/mol. The van der Waals surface area contributed by atoms with Crippen molar-refractivity contribution in [3.05, 3.63) is 28.2 Å². The summed E-state index contributed by atoms with van der Waals surface area (Å²) in [7, 11) is 3.47. The number of nitrogens with one attached hydrogen (secondary N) is 1. The highest BCUT2D eigenvalue weighted by Crippen LogP contribution is 2.24. The lowest BCUT2D eigenvalue weighted by Crippen LogP contribution is -2.33. The Hall–Kier alpha value is -0.580. The van der Waals surface area contributed by atoms with Gasteiger partial charge in [-0.15, -0.1) is 0 Å². The number of hydrogen-bond donors (Lipinski definition) is 1. The van der Waals surface area contributed by atoms with Crippen molar-refractivity contribution in [3.63, 3.8) is 0 Å². The predicted molar refractivity (Wildman–Crippen MR) is 83.0 cm³/mol. The molecule has 0 saturated carbocycles. The van der Waals surface area contributed by atoms with Gasteiger partial charge in [0.05, 0.1) is 7.11 Å². The summed E-state index contributed by atoms with van der Waals surface area (Å²) in [5, 5.41) is 3.57. The molecule has 0 bridgehead atoms. The van der Waals surface area contributed by atoms with Crippen molar-refractivity contribution in [2.45, 2.75) is 32.2 Å². The van der Waals surface area contributed by atoms with E-state index in [0.717, 1.165) is 42.6 Å². The molecule has 0 fully saturated rings. The third-order valence-electron chi connectivity index (χ3n) is 3.06. The largest absolute Gasteiger partial charge is 0.496 e. The highest BCUT2D eigenvalue weighted by atomic mass is 79.9. The standard InChI is InChI=1S/C15H24BrNO2/c1-4-8-17-14(7-9-18-2)11-12-10-13(16)5-6-15(12)19-3/h5-6,10,14,17H,4,7-9,11H2,1-3H3. The van der Waals surface area contributed by atoms with Crippen molar-refractivity contribution in [3.8, 4) is 5.75 Å². The quantitative estimate of drug-likeness (QED) is 0.753. The van der Waals surface area contributed by atoms with Gasteiger partial charge < -0.3 is 14.8 Å². The van der Waals surface area contributed by atoms with Crippen LogP contribution in [0.25, 0.3) is 0 Å². The minimum Gasteiger partial charge on any atom is -0.496 e. The van der Waals surface area contributed by atoms with Crippen LogP contribution in [0.2, 0.25) is 0 Å². The zero-order chi connectivity index (χ0) is 14.1. The van der Waals surface area contributed by atoms with Crippen molar-refractivity contribution < 1.29 is 9.47 Å². The maximum Gasteiger partial charge on any atom is 0.122 e. The lowest BCUT2D eigenvalue weighted by atomic mass is 10.0. The Morgan fingerprint density at radius 2 is 2.11 bits per heavy atom. The maximum atomic E-state index is 5.43. The second kappa shape index (κ2) is 9.34. The summed E-state index contributed by atoms with van der Waals surface area (Å²) >= 11 is 3.52. The van der Waals surface area contributed by atoms with Gasteiger partial charge in [-0.3, -0.25) is 0 Å². The van der Waals surface area contributed by atoms with Gasteiger partial charge in [0.25, 0.3) is 0 Å². The predicted octanol–water partition coefficient (Wildman–Crippen LogP) is 3.40. The molecule has 108 valence electrons. The van der Waals surface area contributed by atoms with E-state index in [0.29, 0.717) is 6.04 Å². The summed E-state index contributed by atoms with van der Waals surface area (Å²) in [5.41, 5.74) is 1.22. The fourth-order valence-electron chi connectivity index (χ4n) is 2.06. The SMILES string of the molecule is CCCNC(CCOC)Cc1cc(Br)ccc1OC. The molecule has 0 aliphatic carbocycles. The summed E-state index contributed by atoms with van der Waals surface area (Å²) in [6, 6.07) is 6.56. The van der Waals surface area contributed by atoms with Crippen molar-refractivity contribution in [1.29, 1.82) is 0 Å². The van der Waals surface area contributed by atoms with Crippen molar-refractivity contribution >= 4 is 15.9 Å². The molecule has 1 aromatic carbocycles. The number of methoxy groups -OCH3 is 2. The van der Waals surface area contributed by atoms with E-state index in [1.54, 1.807) is 14.2 Å². The summed E-state index contributed by atoms with van der Waals surface area (Å²) < 4.78 is 11.7. The summed E-state index contributed by atoms with van der Waals surface area (Å²) in [4.78, 5) is 0. The molecule has 19 heavy (non-hydrogen) atoms. The van der Waals surface area contributed by atoms with Crippen LogP contribution in [0.3, 0.4) is 0 Å². The number of rotatable bonds is 9. The molecule has 4 heteroatoms. The molecule has 0 aliphatic heterocycles. The Morgan fingerprint density at radius 3 is 2.74 bits per heavy atom. The summed E-state index contributed by atoms with van der Waals surface area (Å²) in [6.45, 7) is 3.99.